The van der Waals surface area contributed by atoms with Crippen LogP contribution < -0.4 is 14.2 Å². The first kappa shape index (κ1) is 34.2. The van der Waals surface area contributed by atoms with E-state index in [0.29, 0.717) is 60.8 Å². The predicted molar refractivity (Wildman–Crippen MR) is 179 cm³/mol. The summed E-state index contributed by atoms with van der Waals surface area (Å²) in [6.45, 7) is 4.80. The summed E-state index contributed by atoms with van der Waals surface area (Å²) in [5, 5.41) is 0. The molecule has 258 valence electrons. The SMILES string of the molecule is O=C(Oc1ccc(OCCCCCCOCC2CCC3OC3C2)cc1)c1ccc(OCCCCCCOCC2CCC3OC3C2)cc1. The first-order valence-corrected chi connectivity index (χ1v) is 18.3. The van der Waals surface area contributed by atoms with Crippen molar-refractivity contribution in [1.29, 1.82) is 0 Å². The molecule has 8 heteroatoms. The molecule has 2 aliphatic heterocycles. The van der Waals surface area contributed by atoms with Crippen molar-refractivity contribution in [2.75, 3.05) is 39.6 Å². The van der Waals surface area contributed by atoms with Crippen LogP contribution in [-0.4, -0.2) is 70.0 Å². The highest BCUT2D eigenvalue weighted by molar-refractivity contribution is 5.91. The Morgan fingerprint density at radius 3 is 1.47 bits per heavy atom. The van der Waals surface area contributed by atoms with Crippen LogP contribution in [0.15, 0.2) is 48.5 Å². The lowest BCUT2D eigenvalue weighted by Gasteiger charge is -2.18. The second kappa shape index (κ2) is 18.2. The molecule has 2 aromatic rings. The fourth-order valence-corrected chi connectivity index (χ4v) is 6.93. The number of epoxide rings is 2. The van der Waals surface area contributed by atoms with E-state index in [0.717, 1.165) is 89.3 Å². The Hall–Kier alpha value is -2.65. The van der Waals surface area contributed by atoms with Gasteiger partial charge in [0, 0.05) is 26.4 Å². The third-order valence-corrected chi connectivity index (χ3v) is 9.96. The summed E-state index contributed by atoms with van der Waals surface area (Å²) in [5.41, 5.74) is 0.487. The van der Waals surface area contributed by atoms with Gasteiger partial charge in [-0.15, -0.1) is 0 Å². The van der Waals surface area contributed by atoms with Crippen LogP contribution in [-0.2, 0) is 18.9 Å². The van der Waals surface area contributed by atoms with Crippen molar-refractivity contribution in [1.82, 2.24) is 0 Å². The summed E-state index contributed by atoms with van der Waals surface area (Å²) in [6.07, 6.45) is 18.2. The summed E-state index contributed by atoms with van der Waals surface area (Å²) < 4.78 is 40.3. The Morgan fingerprint density at radius 2 is 0.979 bits per heavy atom. The lowest BCUT2D eigenvalue weighted by atomic mass is 9.90. The highest BCUT2D eigenvalue weighted by Gasteiger charge is 2.44. The van der Waals surface area contributed by atoms with Gasteiger partial charge in [-0.1, -0.05) is 12.8 Å². The molecule has 2 aromatic carbocycles. The van der Waals surface area contributed by atoms with E-state index in [1.165, 1.54) is 38.5 Å². The van der Waals surface area contributed by atoms with E-state index in [9.17, 15) is 4.79 Å². The van der Waals surface area contributed by atoms with Crippen LogP contribution in [0.25, 0.3) is 0 Å². The summed E-state index contributed by atoms with van der Waals surface area (Å²) in [6, 6.07) is 14.4. The van der Waals surface area contributed by atoms with E-state index in [1.807, 2.05) is 24.3 Å². The van der Waals surface area contributed by atoms with Crippen LogP contribution in [0.5, 0.6) is 17.2 Å². The van der Waals surface area contributed by atoms with Gasteiger partial charge in [0.05, 0.1) is 43.2 Å². The number of carbonyl (C=O) groups is 1. The Kier molecular flexibility index (Phi) is 13.3. The quantitative estimate of drug-likeness (QED) is 0.0549. The molecule has 0 radical (unpaired) electrons. The van der Waals surface area contributed by atoms with E-state index >= 15 is 0 Å². The zero-order valence-electron chi connectivity index (χ0n) is 28.0. The molecule has 0 N–H and O–H groups in total. The van der Waals surface area contributed by atoms with Gasteiger partial charge in [0.1, 0.15) is 17.2 Å². The molecule has 0 bridgehead atoms. The molecule has 6 atom stereocenters. The summed E-state index contributed by atoms with van der Waals surface area (Å²) >= 11 is 0. The maximum Gasteiger partial charge on any atom is 0.343 e. The predicted octanol–water partition coefficient (Wildman–Crippen LogP) is 7.95. The second-order valence-electron chi connectivity index (χ2n) is 13.8. The Morgan fingerprint density at radius 1 is 0.532 bits per heavy atom. The average Bonchev–Trinajstić information content (AvgIpc) is 4.03. The standard InChI is InChI=1S/C39H54O8/c40-39(31-11-13-32(14-12-31)43-23-7-3-1-5-21-41-27-29-9-19-35-37(25-29)46-35)45-34-17-15-33(16-18-34)44-24-8-4-2-6-22-42-28-30-10-20-36-38(26-30)47-36/h11-18,29-30,35-38H,1-10,19-28H2. The smallest absolute Gasteiger partial charge is 0.343 e. The molecule has 47 heavy (non-hydrogen) atoms. The van der Waals surface area contributed by atoms with Gasteiger partial charge in [-0.2, -0.15) is 0 Å². The summed E-state index contributed by atoms with van der Waals surface area (Å²) in [4.78, 5) is 12.6. The third kappa shape index (κ3) is 11.8. The Balaban J connectivity index is 0.744. The third-order valence-electron chi connectivity index (χ3n) is 9.96. The highest BCUT2D eigenvalue weighted by Crippen LogP contribution is 2.40. The molecule has 0 amide bonds. The van der Waals surface area contributed by atoms with Gasteiger partial charge in [0.25, 0.3) is 0 Å². The summed E-state index contributed by atoms with van der Waals surface area (Å²) in [5.74, 6) is 3.01. The van der Waals surface area contributed by atoms with E-state index in [2.05, 4.69) is 0 Å². The number of unbranched alkanes of at least 4 members (excludes halogenated alkanes) is 6. The number of esters is 1. The average molecular weight is 651 g/mol. The molecule has 6 rings (SSSR count). The minimum atomic E-state index is -0.394. The molecular weight excluding hydrogens is 596 g/mol. The monoisotopic (exact) mass is 650 g/mol. The molecule has 2 saturated heterocycles. The van der Waals surface area contributed by atoms with Crippen molar-refractivity contribution in [2.45, 2.75) is 114 Å². The minimum Gasteiger partial charge on any atom is -0.494 e. The number of fused-ring (bicyclic) bond motifs is 2. The topological polar surface area (TPSA) is 88.3 Å². The molecular formula is C39H54O8. The largest absolute Gasteiger partial charge is 0.494 e. The lowest BCUT2D eigenvalue weighted by Crippen LogP contribution is -2.18. The summed E-state index contributed by atoms with van der Waals surface area (Å²) in [7, 11) is 0. The van der Waals surface area contributed by atoms with Crippen molar-refractivity contribution >= 4 is 5.97 Å². The Bertz CT molecular complexity index is 1200. The van der Waals surface area contributed by atoms with Gasteiger partial charge in [-0.05, 0) is 137 Å². The molecule has 0 spiro atoms. The number of hydrogen-bond donors (Lipinski definition) is 0. The second-order valence-corrected chi connectivity index (χ2v) is 13.8. The van der Waals surface area contributed by atoms with Crippen molar-refractivity contribution in [3.63, 3.8) is 0 Å². The number of carbonyl (C=O) groups excluding carboxylic acids is 1. The number of hydrogen-bond acceptors (Lipinski definition) is 8. The van der Waals surface area contributed by atoms with Crippen LogP contribution in [0.3, 0.4) is 0 Å². The molecule has 2 saturated carbocycles. The van der Waals surface area contributed by atoms with Gasteiger partial charge in [0.15, 0.2) is 0 Å². The van der Waals surface area contributed by atoms with Crippen molar-refractivity contribution in [3.05, 3.63) is 54.1 Å². The molecule has 2 aliphatic carbocycles. The molecule has 6 unspecified atom stereocenters. The lowest BCUT2D eigenvalue weighted by molar-refractivity contribution is 0.0734. The van der Waals surface area contributed by atoms with E-state index in [1.54, 1.807) is 24.3 Å². The van der Waals surface area contributed by atoms with Gasteiger partial charge in [-0.3, -0.25) is 0 Å². The van der Waals surface area contributed by atoms with Crippen LogP contribution in [0.1, 0.15) is 100 Å². The molecule has 2 heterocycles. The maximum absolute atomic E-state index is 12.6. The zero-order valence-corrected chi connectivity index (χ0v) is 28.0. The fourth-order valence-electron chi connectivity index (χ4n) is 6.93. The van der Waals surface area contributed by atoms with Gasteiger partial charge in [0.2, 0.25) is 0 Å². The van der Waals surface area contributed by atoms with Crippen LogP contribution >= 0.6 is 0 Å². The molecule has 4 aliphatic rings. The normalized spacial score (nSPS) is 25.8. The Labute approximate surface area is 280 Å². The van der Waals surface area contributed by atoms with Gasteiger partial charge in [-0.25, -0.2) is 4.79 Å². The molecule has 0 aromatic heterocycles. The van der Waals surface area contributed by atoms with E-state index < -0.39 is 5.97 Å². The highest BCUT2D eigenvalue weighted by atomic mass is 16.6. The molecule has 8 nitrogen and oxygen atoms in total. The number of rotatable bonds is 22. The molecule has 4 fully saturated rings. The van der Waals surface area contributed by atoms with Crippen LogP contribution in [0.4, 0.5) is 0 Å². The van der Waals surface area contributed by atoms with Crippen molar-refractivity contribution in [2.24, 2.45) is 11.8 Å². The maximum atomic E-state index is 12.6. The fraction of sp³-hybridized carbons (Fsp3) is 0.667. The van der Waals surface area contributed by atoms with Crippen molar-refractivity contribution in [3.8, 4) is 17.2 Å². The number of ether oxygens (including phenoxy) is 7. The van der Waals surface area contributed by atoms with E-state index in [-0.39, 0.29) is 0 Å². The van der Waals surface area contributed by atoms with Crippen molar-refractivity contribution < 1.29 is 38.0 Å². The van der Waals surface area contributed by atoms with Gasteiger partial charge >= 0.3 is 5.97 Å². The zero-order chi connectivity index (χ0) is 32.1. The first-order valence-electron chi connectivity index (χ1n) is 18.3. The van der Waals surface area contributed by atoms with Crippen LogP contribution in [0.2, 0.25) is 0 Å². The van der Waals surface area contributed by atoms with Gasteiger partial charge < -0.3 is 33.2 Å². The number of benzene rings is 2. The minimum absolute atomic E-state index is 0.394. The van der Waals surface area contributed by atoms with E-state index in [4.69, 9.17) is 33.2 Å². The first-order chi connectivity index (χ1) is 23.2. The van der Waals surface area contributed by atoms with Crippen LogP contribution in [0, 0.1) is 11.8 Å².